The molecule has 0 saturated carbocycles. The first-order valence-electron chi connectivity index (χ1n) is 8.46. The Bertz CT molecular complexity index is 801. The van der Waals surface area contributed by atoms with Crippen LogP contribution in [0.4, 0.5) is 11.5 Å². The third-order valence-electron chi connectivity index (χ3n) is 4.38. The van der Waals surface area contributed by atoms with Crippen LogP contribution in [0.2, 0.25) is 0 Å². The molecule has 7 heteroatoms. The molecule has 7 nitrogen and oxygen atoms in total. The van der Waals surface area contributed by atoms with Gasteiger partial charge < -0.3 is 19.9 Å². The number of ether oxygens (including phenoxy) is 1. The number of rotatable bonds is 4. The Morgan fingerprint density at radius 2 is 1.85 bits per heavy atom. The van der Waals surface area contributed by atoms with Crippen molar-refractivity contribution in [2.75, 3.05) is 50.6 Å². The molecule has 1 aromatic heterocycles. The molecule has 0 unspecified atom stereocenters. The molecule has 1 N–H and O–H groups in total. The summed E-state index contributed by atoms with van der Waals surface area (Å²) < 4.78 is 4.70. The van der Waals surface area contributed by atoms with Crippen molar-refractivity contribution < 1.29 is 14.3 Å². The van der Waals surface area contributed by atoms with Gasteiger partial charge in [0.25, 0.3) is 5.91 Å². The summed E-state index contributed by atoms with van der Waals surface area (Å²) in [4.78, 5) is 33.0. The number of amides is 1. The highest BCUT2D eigenvalue weighted by atomic mass is 16.5. The van der Waals surface area contributed by atoms with E-state index in [2.05, 4.69) is 27.1 Å². The van der Waals surface area contributed by atoms with Gasteiger partial charge in [0.1, 0.15) is 5.82 Å². The van der Waals surface area contributed by atoms with Gasteiger partial charge in [0, 0.05) is 43.6 Å². The van der Waals surface area contributed by atoms with E-state index in [1.54, 1.807) is 42.6 Å². The number of carbonyl (C=O) groups is 2. The van der Waals surface area contributed by atoms with Gasteiger partial charge in [-0.1, -0.05) is 6.07 Å². The fraction of sp³-hybridized carbons (Fsp3) is 0.316. The first kappa shape index (κ1) is 17.9. The molecule has 3 rings (SSSR count). The molecule has 26 heavy (non-hydrogen) atoms. The summed E-state index contributed by atoms with van der Waals surface area (Å²) in [7, 11) is 3.42. The minimum Gasteiger partial charge on any atom is -0.465 e. The van der Waals surface area contributed by atoms with Crippen LogP contribution in [-0.4, -0.2) is 62.1 Å². The molecular formula is C19H22N4O3. The summed E-state index contributed by atoms with van der Waals surface area (Å²) in [6.45, 7) is 3.71. The maximum absolute atomic E-state index is 12.6. The number of aromatic nitrogens is 1. The Kier molecular flexibility index (Phi) is 5.48. The normalized spacial score (nSPS) is 14.8. The second kappa shape index (κ2) is 7.97. The molecule has 136 valence electrons. The highest BCUT2D eigenvalue weighted by Crippen LogP contribution is 2.17. The number of methoxy groups -OCH3 is 1. The summed E-state index contributed by atoms with van der Waals surface area (Å²) in [6, 6.07) is 10.1. The fourth-order valence-corrected chi connectivity index (χ4v) is 2.81. The van der Waals surface area contributed by atoms with Crippen LogP contribution >= 0.6 is 0 Å². The van der Waals surface area contributed by atoms with Gasteiger partial charge in [-0.15, -0.1) is 0 Å². The van der Waals surface area contributed by atoms with Crippen molar-refractivity contribution in [3.05, 3.63) is 53.7 Å². The topological polar surface area (TPSA) is 74.8 Å². The Labute approximate surface area is 152 Å². The fourth-order valence-electron chi connectivity index (χ4n) is 2.81. The lowest BCUT2D eigenvalue weighted by atomic mass is 10.2. The minimum absolute atomic E-state index is 0.246. The zero-order chi connectivity index (χ0) is 18.5. The number of carbonyl (C=O) groups excluding carboxylic acids is 2. The lowest BCUT2D eigenvalue weighted by molar-refractivity contribution is 0.0600. The number of piperazine rings is 1. The first-order chi connectivity index (χ1) is 12.6. The molecule has 1 fully saturated rings. The number of likely N-dealkylation sites (N-methyl/N-ethyl adjacent to an activating group) is 1. The quantitative estimate of drug-likeness (QED) is 0.845. The predicted octanol–water partition coefficient (Wildman–Crippen LogP) is 1.87. The molecule has 0 bridgehead atoms. The maximum atomic E-state index is 12.6. The number of nitrogens with one attached hydrogen (secondary N) is 1. The second-order valence-corrected chi connectivity index (χ2v) is 6.22. The van der Waals surface area contributed by atoms with E-state index in [0.717, 1.165) is 32.0 Å². The van der Waals surface area contributed by atoms with E-state index >= 15 is 0 Å². The minimum atomic E-state index is -0.442. The average Bonchev–Trinajstić information content (AvgIpc) is 2.68. The predicted molar refractivity (Wildman–Crippen MR) is 99.7 cm³/mol. The highest BCUT2D eigenvalue weighted by molar-refractivity contribution is 6.05. The Morgan fingerprint density at radius 3 is 2.58 bits per heavy atom. The zero-order valence-electron chi connectivity index (χ0n) is 14.9. The van der Waals surface area contributed by atoms with Crippen LogP contribution in [0, 0.1) is 0 Å². The van der Waals surface area contributed by atoms with Crippen LogP contribution in [-0.2, 0) is 4.74 Å². The molecule has 1 amide bonds. The number of benzene rings is 1. The highest BCUT2D eigenvalue weighted by Gasteiger charge is 2.17. The number of esters is 1. The molecule has 0 radical (unpaired) electrons. The van der Waals surface area contributed by atoms with E-state index in [-0.39, 0.29) is 5.91 Å². The van der Waals surface area contributed by atoms with E-state index in [0.29, 0.717) is 16.8 Å². The number of nitrogens with zero attached hydrogens (tertiary/aromatic N) is 3. The van der Waals surface area contributed by atoms with Crippen LogP contribution in [0.25, 0.3) is 0 Å². The number of pyridine rings is 1. The van der Waals surface area contributed by atoms with Gasteiger partial charge in [0.05, 0.1) is 12.7 Å². The summed E-state index contributed by atoms with van der Waals surface area (Å²) in [5, 5.41) is 2.81. The van der Waals surface area contributed by atoms with Crippen molar-refractivity contribution >= 4 is 23.4 Å². The van der Waals surface area contributed by atoms with E-state index in [1.807, 2.05) is 0 Å². The van der Waals surface area contributed by atoms with Crippen molar-refractivity contribution in [2.24, 2.45) is 0 Å². The zero-order valence-corrected chi connectivity index (χ0v) is 14.9. The van der Waals surface area contributed by atoms with Crippen LogP contribution in [0.15, 0.2) is 42.6 Å². The molecule has 1 aliphatic rings. The SMILES string of the molecule is COC(=O)c1cccc(NC(=O)c2ccnc(N3CCN(C)CC3)c2)c1. The molecule has 0 atom stereocenters. The molecule has 0 aliphatic carbocycles. The second-order valence-electron chi connectivity index (χ2n) is 6.22. The van der Waals surface area contributed by atoms with Crippen LogP contribution in [0.1, 0.15) is 20.7 Å². The third-order valence-corrected chi connectivity index (χ3v) is 4.38. The number of hydrogen-bond acceptors (Lipinski definition) is 6. The van der Waals surface area contributed by atoms with E-state index < -0.39 is 5.97 Å². The largest absolute Gasteiger partial charge is 0.465 e. The van der Waals surface area contributed by atoms with Gasteiger partial charge >= 0.3 is 5.97 Å². The molecule has 0 spiro atoms. The van der Waals surface area contributed by atoms with E-state index in [1.165, 1.54) is 7.11 Å². The van der Waals surface area contributed by atoms with Gasteiger partial charge in [-0.2, -0.15) is 0 Å². The van der Waals surface area contributed by atoms with E-state index in [4.69, 9.17) is 4.74 Å². The van der Waals surface area contributed by atoms with Crippen LogP contribution in [0.3, 0.4) is 0 Å². The Hall–Kier alpha value is -2.93. The monoisotopic (exact) mass is 354 g/mol. The molecular weight excluding hydrogens is 332 g/mol. The summed E-state index contributed by atoms with van der Waals surface area (Å²) in [5.74, 6) is 0.112. The summed E-state index contributed by atoms with van der Waals surface area (Å²) in [6.07, 6.45) is 1.65. The van der Waals surface area contributed by atoms with Gasteiger partial charge in [-0.05, 0) is 37.4 Å². The summed E-state index contributed by atoms with van der Waals surface area (Å²) >= 11 is 0. The molecule has 1 aromatic carbocycles. The molecule has 1 aliphatic heterocycles. The van der Waals surface area contributed by atoms with Crippen molar-refractivity contribution in [2.45, 2.75) is 0 Å². The van der Waals surface area contributed by atoms with Crippen LogP contribution in [0.5, 0.6) is 0 Å². The van der Waals surface area contributed by atoms with Gasteiger partial charge in [0.15, 0.2) is 0 Å². The van der Waals surface area contributed by atoms with Crippen molar-refractivity contribution in [3.8, 4) is 0 Å². The number of anilines is 2. The lowest BCUT2D eigenvalue weighted by Gasteiger charge is -2.33. The molecule has 1 saturated heterocycles. The van der Waals surface area contributed by atoms with E-state index in [9.17, 15) is 9.59 Å². The lowest BCUT2D eigenvalue weighted by Crippen LogP contribution is -2.44. The molecule has 2 aromatic rings. The Morgan fingerprint density at radius 1 is 1.08 bits per heavy atom. The Balaban J connectivity index is 1.72. The standard InChI is InChI=1S/C19H22N4O3/c1-22-8-10-23(11-9-22)17-13-14(6-7-20-17)18(24)21-16-5-3-4-15(12-16)19(25)26-2/h3-7,12-13H,8-11H2,1-2H3,(H,21,24). The maximum Gasteiger partial charge on any atom is 0.337 e. The first-order valence-corrected chi connectivity index (χ1v) is 8.46. The van der Waals surface area contributed by atoms with Crippen molar-refractivity contribution in [1.29, 1.82) is 0 Å². The van der Waals surface area contributed by atoms with Gasteiger partial charge in [-0.3, -0.25) is 4.79 Å². The number of hydrogen-bond donors (Lipinski definition) is 1. The van der Waals surface area contributed by atoms with Crippen LogP contribution < -0.4 is 10.2 Å². The van der Waals surface area contributed by atoms with Gasteiger partial charge in [0.2, 0.25) is 0 Å². The van der Waals surface area contributed by atoms with Crippen molar-refractivity contribution in [3.63, 3.8) is 0 Å². The van der Waals surface area contributed by atoms with Gasteiger partial charge in [-0.25, -0.2) is 9.78 Å². The van der Waals surface area contributed by atoms with Crippen molar-refractivity contribution in [1.82, 2.24) is 9.88 Å². The third kappa shape index (κ3) is 4.18. The average molecular weight is 354 g/mol. The summed E-state index contributed by atoms with van der Waals surface area (Å²) in [5.41, 5.74) is 1.45. The molecule has 2 heterocycles. The smallest absolute Gasteiger partial charge is 0.337 e.